The first-order valence-corrected chi connectivity index (χ1v) is 23.2. The molecule has 1 aliphatic rings. The topological polar surface area (TPSA) is 73.7 Å². The van der Waals surface area contributed by atoms with Crippen molar-refractivity contribution in [3.8, 4) is 22.5 Å². The molecule has 6 rings (SSSR count). The standard InChI is InChI=1S/C35H53N2.C17H11N.CHF3O3S.Au/c1-22(2)28-15-30(24(5)6)34(31(16-28)25(7)8)19-36-13-14-37(21-36)20-35-32(26(9)10)17-29(23(3)4)18-33(35)27(11)12;1-3-8-14(9-4-1)16-12-7-13-17(18-16)15-10-5-2-6-11-15;2-1(3,4)8(5,6)7;/h13-18,21-27H,19-20H2,1-12H3;1-8,10,12-13H;(H,5,6,7);/q-1;-2;;+3. The normalized spacial score (nSPS) is 12.8. The predicted octanol–water partition coefficient (Wildman–Crippen LogP) is 14.7. The van der Waals surface area contributed by atoms with Gasteiger partial charge in [0.15, 0.2) is 0 Å². The van der Waals surface area contributed by atoms with E-state index in [1.807, 2.05) is 66.7 Å². The van der Waals surface area contributed by atoms with Crippen molar-refractivity contribution < 1.29 is 48.5 Å². The summed E-state index contributed by atoms with van der Waals surface area (Å²) in [6.45, 7) is 32.1. The van der Waals surface area contributed by atoms with Crippen LogP contribution in [0.5, 0.6) is 0 Å². The molecular formula is C53H65AuF3N3O3S. The summed E-state index contributed by atoms with van der Waals surface area (Å²) in [4.78, 5) is 9.42. The monoisotopic (exact) mass is 1080 g/mol. The number of aromatic nitrogens is 1. The fourth-order valence-corrected chi connectivity index (χ4v) is 7.41. The van der Waals surface area contributed by atoms with Gasteiger partial charge in [-0.2, -0.15) is 28.3 Å². The van der Waals surface area contributed by atoms with Gasteiger partial charge in [0, 0.05) is 13.1 Å². The summed E-state index contributed by atoms with van der Waals surface area (Å²) in [5.41, 5.74) is 10.3. The van der Waals surface area contributed by atoms with Crippen LogP contribution in [0.3, 0.4) is 0 Å². The zero-order valence-corrected chi connectivity index (χ0v) is 42.2. The molecule has 0 atom stereocenters. The first-order chi connectivity index (χ1) is 29.5. The number of benzene rings is 4. The summed E-state index contributed by atoms with van der Waals surface area (Å²) in [6, 6.07) is 38.0. The molecule has 1 aliphatic heterocycles. The molecule has 0 amide bonds. The molecule has 348 valence electrons. The molecule has 0 bridgehead atoms. The van der Waals surface area contributed by atoms with E-state index in [4.69, 9.17) is 13.0 Å². The number of nitrogens with zero attached hydrogens (tertiary/aromatic N) is 3. The Bertz CT molecular complexity index is 2180. The van der Waals surface area contributed by atoms with Gasteiger partial charge in [0.05, 0.1) is 0 Å². The van der Waals surface area contributed by atoms with Crippen molar-refractivity contribution in [2.45, 2.75) is 137 Å². The molecular weight excluding hydrogens is 1010 g/mol. The molecule has 4 aromatic carbocycles. The van der Waals surface area contributed by atoms with Crippen molar-refractivity contribution in [3.05, 3.63) is 167 Å². The molecule has 1 N–H and O–H groups in total. The number of alkyl halides is 3. The predicted molar refractivity (Wildman–Crippen MR) is 252 cm³/mol. The second-order valence-corrected chi connectivity index (χ2v) is 19.3. The van der Waals surface area contributed by atoms with Crippen LogP contribution in [-0.2, 0) is 45.6 Å². The molecule has 5 aromatic rings. The van der Waals surface area contributed by atoms with E-state index in [1.165, 1.54) is 44.5 Å². The summed E-state index contributed by atoms with van der Waals surface area (Å²) in [5.74, 6) is 3.13. The molecule has 0 unspecified atom stereocenters. The minimum Gasteiger partial charge on any atom is -0.505 e. The number of halogens is 3. The quantitative estimate of drug-likeness (QED) is 0.0581. The molecule has 2 heterocycles. The summed E-state index contributed by atoms with van der Waals surface area (Å²) in [7, 11) is -5.84. The molecule has 0 radical (unpaired) electrons. The maximum atomic E-state index is 10.7. The Balaban J connectivity index is 0.000000331. The van der Waals surface area contributed by atoms with Crippen LogP contribution in [0.1, 0.15) is 163 Å². The van der Waals surface area contributed by atoms with Crippen LogP contribution < -0.4 is 0 Å². The van der Waals surface area contributed by atoms with Crippen molar-refractivity contribution in [1.29, 1.82) is 0 Å². The van der Waals surface area contributed by atoms with E-state index in [9.17, 15) is 13.2 Å². The second kappa shape index (κ2) is 23.8. The van der Waals surface area contributed by atoms with E-state index in [1.54, 1.807) is 0 Å². The Morgan fingerprint density at radius 2 is 0.906 bits per heavy atom. The minimum atomic E-state index is -5.84. The Morgan fingerprint density at radius 3 is 1.16 bits per heavy atom. The Morgan fingerprint density at radius 1 is 0.578 bits per heavy atom. The average Bonchev–Trinajstić information content (AvgIpc) is 3.67. The van der Waals surface area contributed by atoms with Crippen LogP contribution in [-0.4, -0.2) is 33.3 Å². The Hall–Kier alpha value is -4.19. The van der Waals surface area contributed by atoms with E-state index in [0.717, 1.165) is 35.6 Å². The fourth-order valence-electron chi connectivity index (χ4n) is 7.41. The van der Waals surface area contributed by atoms with Crippen molar-refractivity contribution in [1.82, 2.24) is 14.8 Å². The fraction of sp³-hybridized carbons (Fsp3) is 0.396. The van der Waals surface area contributed by atoms with Gasteiger partial charge in [-0.05, 0) is 104 Å². The zero-order valence-electron chi connectivity index (χ0n) is 39.2. The van der Waals surface area contributed by atoms with Gasteiger partial charge >= 0.3 is 38.0 Å². The van der Waals surface area contributed by atoms with E-state index < -0.39 is 15.6 Å². The van der Waals surface area contributed by atoms with Crippen LogP contribution in [0.25, 0.3) is 22.5 Å². The van der Waals surface area contributed by atoms with Crippen LogP contribution in [0, 0.1) is 18.8 Å². The molecule has 11 heteroatoms. The summed E-state index contributed by atoms with van der Waals surface area (Å²) < 4.78 is 57.5. The Labute approximate surface area is 397 Å². The van der Waals surface area contributed by atoms with Gasteiger partial charge < -0.3 is 14.8 Å². The third kappa shape index (κ3) is 14.9. The first-order valence-electron chi connectivity index (χ1n) is 21.8. The summed E-state index contributed by atoms with van der Waals surface area (Å²) in [6.07, 6.45) is 4.52. The van der Waals surface area contributed by atoms with Gasteiger partial charge in [0.1, 0.15) is 0 Å². The Kier molecular flexibility index (Phi) is 20.2. The van der Waals surface area contributed by atoms with Crippen molar-refractivity contribution >= 4 is 10.1 Å². The van der Waals surface area contributed by atoms with Crippen molar-refractivity contribution in [3.63, 3.8) is 0 Å². The van der Waals surface area contributed by atoms with Gasteiger partial charge in [-0.1, -0.05) is 126 Å². The van der Waals surface area contributed by atoms with Crippen LogP contribution >= 0.6 is 0 Å². The number of pyridine rings is 1. The second-order valence-electron chi connectivity index (χ2n) is 17.9. The van der Waals surface area contributed by atoms with Crippen molar-refractivity contribution in [2.75, 3.05) is 0 Å². The van der Waals surface area contributed by atoms with E-state index in [-0.39, 0.29) is 22.4 Å². The minimum absolute atomic E-state index is 0. The number of hydrogen-bond acceptors (Lipinski definition) is 5. The van der Waals surface area contributed by atoms with Crippen molar-refractivity contribution in [2.24, 2.45) is 0 Å². The van der Waals surface area contributed by atoms with E-state index >= 15 is 0 Å². The molecule has 0 saturated carbocycles. The van der Waals surface area contributed by atoms with Gasteiger partial charge in [-0.3, -0.25) is 4.55 Å². The number of hydrogen-bond donors (Lipinski definition) is 1. The number of rotatable bonds is 12. The zero-order chi connectivity index (χ0) is 46.8. The maximum Gasteiger partial charge on any atom is 3.00 e. The van der Waals surface area contributed by atoms with Gasteiger partial charge in [-0.25, -0.2) is 0 Å². The van der Waals surface area contributed by atoms with Crippen LogP contribution in [0.15, 0.2) is 103 Å². The van der Waals surface area contributed by atoms with Crippen LogP contribution in [0.2, 0.25) is 0 Å². The molecule has 1 aromatic heterocycles. The van der Waals surface area contributed by atoms with E-state index in [0.29, 0.717) is 35.5 Å². The summed E-state index contributed by atoms with van der Waals surface area (Å²) >= 11 is 0. The van der Waals surface area contributed by atoms with E-state index in [2.05, 4.69) is 153 Å². The molecule has 0 aliphatic carbocycles. The van der Waals surface area contributed by atoms with Gasteiger partial charge in [0.25, 0.3) is 0 Å². The largest absolute Gasteiger partial charge is 3.00 e. The van der Waals surface area contributed by atoms with Gasteiger partial charge in [0.2, 0.25) is 0 Å². The van der Waals surface area contributed by atoms with Crippen LogP contribution in [0.4, 0.5) is 13.2 Å². The maximum absolute atomic E-state index is 10.7. The van der Waals surface area contributed by atoms with Gasteiger partial charge in [-0.15, -0.1) is 71.8 Å². The molecule has 64 heavy (non-hydrogen) atoms. The molecule has 0 fully saturated rings. The molecule has 0 saturated heterocycles. The smallest absolute Gasteiger partial charge is 0.505 e. The molecule has 6 nitrogen and oxygen atoms in total. The third-order valence-electron chi connectivity index (χ3n) is 10.9. The first kappa shape index (κ1) is 54.1. The molecule has 0 spiro atoms. The SMILES string of the molecule is CC(C)c1cc(C(C)C)c(CN2C=CN(Cc3c(C(C)C)cc(C(C)C)cc3C(C)C)[CH-]2)c(C(C)C)c1.O=S(=O)(O)C(F)(F)F.[Au+3].[c-]1ccccc1-c1cccc(-c2[c-]cccc2)n1. The summed E-state index contributed by atoms with van der Waals surface area (Å²) in [5, 5.41) is 0. The third-order valence-corrected chi connectivity index (χ3v) is 11.5. The average molecular weight is 1080 g/mol.